The van der Waals surface area contributed by atoms with E-state index in [0.29, 0.717) is 0 Å². The molecule has 0 unspecified atom stereocenters. The van der Waals surface area contributed by atoms with E-state index in [0.717, 1.165) is 9.13 Å². The second kappa shape index (κ2) is 5.25. The Bertz CT molecular complexity index is 382. The lowest BCUT2D eigenvalue weighted by molar-refractivity contribution is -0.431. The molecule has 3 nitrogen and oxygen atoms in total. The van der Waals surface area contributed by atoms with Crippen LogP contribution in [0, 0.1) is 19.6 Å². The Hall–Kier alpha value is -0.910. The van der Waals surface area contributed by atoms with Crippen molar-refractivity contribution in [3.05, 3.63) is 49.2 Å². The normalized spacial score (nSPS) is 11.9. The summed E-state index contributed by atoms with van der Waals surface area (Å²) in [5.74, 6) is -0.0701. The third-order valence-corrected chi connectivity index (χ3v) is 2.71. The Morgan fingerprint density at radius 2 is 1.93 bits per heavy atom. The van der Waals surface area contributed by atoms with Crippen molar-refractivity contribution >= 4 is 28.7 Å². The Kier molecular flexibility index (Phi) is 4.26. The molecular formula is C11H12INO2. The van der Waals surface area contributed by atoms with E-state index in [1.165, 1.54) is 0 Å². The third kappa shape index (κ3) is 3.62. The molecule has 0 spiro atoms. The molecule has 0 aliphatic carbocycles. The first-order valence-electron chi connectivity index (χ1n) is 4.62. The fourth-order valence-corrected chi connectivity index (χ4v) is 1.52. The van der Waals surface area contributed by atoms with Gasteiger partial charge in [-0.3, -0.25) is 10.1 Å². The second-order valence-electron chi connectivity index (χ2n) is 3.53. The minimum Gasteiger partial charge on any atom is -0.259 e. The zero-order chi connectivity index (χ0) is 11.4. The molecule has 0 N–H and O–H groups in total. The van der Waals surface area contributed by atoms with Gasteiger partial charge < -0.3 is 0 Å². The highest BCUT2D eigenvalue weighted by Gasteiger charge is 2.15. The lowest BCUT2D eigenvalue weighted by Crippen LogP contribution is -2.05. The van der Waals surface area contributed by atoms with Crippen molar-refractivity contribution in [3.63, 3.8) is 0 Å². The van der Waals surface area contributed by atoms with Gasteiger partial charge >= 0.3 is 0 Å². The van der Waals surface area contributed by atoms with Crippen molar-refractivity contribution in [1.82, 2.24) is 0 Å². The predicted molar refractivity (Wildman–Crippen MR) is 69.0 cm³/mol. The Balaban J connectivity index is 3.02. The SMILES string of the molecule is CC(C)/C(=C/c1ccc(I)cc1)[N+](=O)[O-]. The summed E-state index contributed by atoms with van der Waals surface area (Å²) in [7, 11) is 0. The molecule has 80 valence electrons. The van der Waals surface area contributed by atoms with E-state index in [9.17, 15) is 10.1 Å². The van der Waals surface area contributed by atoms with Crippen LogP contribution in [0.5, 0.6) is 0 Å². The summed E-state index contributed by atoms with van der Waals surface area (Å²) in [6.07, 6.45) is 1.63. The second-order valence-corrected chi connectivity index (χ2v) is 4.78. The largest absolute Gasteiger partial charge is 0.259 e. The van der Waals surface area contributed by atoms with Gasteiger partial charge in [-0.15, -0.1) is 0 Å². The number of hydrogen-bond acceptors (Lipinski definition) is 2. The van der Waals surface area contributed by atoms with Crippen molar-refractivity contribution in [2.24, 2.45) is 5.92 Å². The van der Waals surface area contributed by atoms with Gasteiger partial charge in [0, 0.05) is 15.6 Å². The molecule has 4 heteroatoms. The summed E-state index contributed by atoms with van der Waals surface area (Å²) in [5.41, 5.74) is 1.12. The summed E-state index contributed by atoms with van der Waals surface area (Å²) in [4.78, 5) is 10.4. The van der Waals surface area contributed by atoms with Crippen LogP contribution in [0.2, 0.25) is 0 Å². The van der Waals surface area contributed by atoms with Crippen LogP contribution in [0.25, 0.3) is 6.08 Å². The highest BCUT2D eigenvalue weighted by Crippen LogP contribution is 2.16. The number of nitrogens with zero attached hydrogens (tertiary/aromatic N) is 1. The number of benzene rings is 1. The van der Waals surface area contributed by atoms with Gasteiger partial charge in [0.25, 0.3) is 0 Å². The average Bonchev–Trinajstić information content (AvgIpc) is 2.15. The number of allylic oxidation sites excluding steroid dienone is 1. The van der Waals surface area contributed by atoms with Crippen molar-refractivity contribution in [2.75, 3.05) is 0 Å². The fourth-order valence-electron chi connectivity index (χ4n) is 1.16. The molecule has 0 amide bonds. The van der Waals surface area contributed by atoms with Crippen LogP contribution >= 0.6 is 22.6 Å². The molecular weight excluding hydrogens is 305 g/mol. The van der Waals surface area contributed by atoms with E-state index in [2.05, 4.69) is 22.6 Å². The zero-order valence-corrected chi connectivity index (χ0v) is 10.8. The van der Waals surface area contributed by atoms with Crippen molar-refractivity contribution in [1.29, 1.82) is 0 Å². The zero-order valence-electron chi connectivity index (χ0n) is 8.61. The van der Waals surface area contributed by atoms with Crippen LogP contribution < -0.4 is 0 Å². The average molecular weight is 317 g/mol. The molecule has 0 radical (unpaired) electrons. The van der Waals surface area contributed by atoms with E-state index in [4.69, 9.17) is 0 Å². The van der Waals surface area contributed by atoms with Gasteiger partial charge in [0.05, 0.1) is 4.92 Å². The Morgan fingerprint density at radius 1 is 1.40 bits per heavy atom. The summed E-state index contributed by atoms with van der Waals surface area (Å²) < 4.78 is 1.12. The first kappa shape index (κ1) is 12.2. The molecule has 1 aromatic rings. The van der Waals surface area contributed by atoms with Gasteiger partial charge in [-0.25, -0.2) is 0 Å². The molecule has 15 heavy (non-hydrogen) atoms. The van der Waals surface area contributed by atoms with Gasteiger partial charge in [0.2, 0.25) is 5.70 Å². The molecule has 0 aliphatic rings. The number of nitro groups is 1. The minimum absolute atomic E-state index is 0.0701. The van der Waals surface area contributed by atoms with Gasteiger partial charge in [-0.1, -0.05) is 26.0 Å². The molecule has 1 aromatic carbocycles. The molecule has 0 atom stereocenters. The molecule has 0 saturated carbocycles. The third-order valence-electron chi connectivity index (χ3n) is 1.99. The number of rotatable bonds is 3. The summed E-state index contributed by atoms with van der Waals surface area (Å²) in [6.45, 7) is 3.64. The molecule has 0 fully saturated rings. The quantitative estimate of drug-likeness (QED) is 0.486. The molecule has 0 aromatic heterocycles. The number of halogens is 1. The van der Waals surface area contributed by atoms with E-state index in [-0.39, 0.29) is 16.5 Å². The summed E-state index contributed by atoms with van der Waals surface area (Å²) >= 11 is 2.20. The van der Waals surface area contributed by atoms with Crippen LogP contribution in [-0.2, 0) is 0 Å². The predicted octanol–water partition coefficient (Wildman–Crippen LogP) is 3.56. The van der Waals surface area contributed by atoms with Gasteiger partial charge in [-0.2, -0.15) is 0 Å². The maximum absolute atomic E-state index is 10.7. The highest BCUT2D eigenvalue weighted by atomic mass is 127. The molecule has 1 rings (SSSR count). The van der Waals surface area contributed by atoms with Crippen molar-refractivity contribution in [3.8, 4) is 0 Å². The maximum Gasteiger partial charge on any atom is 0.249 e. The minimum atomic E-state index is -0.317. The van der Waals surface area contributed by atoms with E-state index in [1.807, 2.05) is 38.1 Å². The van der Waals surface area contributed by atoms with E-state index < -0.39 is 0 Å². The lowest BCUT2D eigenvalue weighted by atomic mass is 10.1. The molecule has 0 bridgehead atoms. The van der Waals surface area contributed by atoms with Crippen LogP contribution in [0.1, 0.15) is 19.4 Å². The first-order chi connectivity index (χ1) is 7.00. The maximum atomic E-state index is 10.7. The monoisotopic (exact) mass is 317 g/mol. The lowest BCUT2D eigenvalue weighted by Gasteiger charge is -2.01. The van der Waals surface area contributed by atoms with Gasteiger partial charge in [0.1, 0.15) is 0 Å². The van der Waals surface area contributed by atoms with Crippen LogP contribution in [-0.4, -0.2) is 4.92 Å². The number of hydrogen-bond donors (Lipinski definition) is 0. The fraction of sp³-hybridized carbons (Fsp3) is 0.273. The summed E-state index contributed by atoms with van der Waals surface area (Å²) in [6, 6.07) is 7.63. The summed E-state index contributed by atoms with van der Waals surface area (Å²) in [5, 5.41) is 10.7. The Morgan fingerprint density at radius 3 is 2.33 bits per heavy atom. The van der Waals surface area contributed by atoms with E-state index >= 15 is 0 Å². The van der Waals surface area contributed by atoms with Crippen LogP contribution in [0.3, 0.4) is 0 Å². The van der Waals surface area contributed by atoms with E-state index in [1.54, 1.807) is 6.08 Å². The van der Waals surface area contributed by atoms with Crippen molar-refractivity contribution in [2.45, 2.75) is 13.8 Å². The smallest absolute Gasteiger partial charge is 0.249 e. The Labute approximate surface area is 102 Å². The molecule has 0 heterocycles. The molecule has 0 aliphatic heterocycles. The van der Waals surface area contributed by atoms with Crippen LogP contribution in [0.15, 0.2) is 30.0 Å². The topological polar surface area (TPSA) is 43.1 Å². The van der Waals surface area contributed by atoms with Gasteiger partial charge in [0.15, 0.2) is 0 Å². The first-order valence-corrected chi connectivity index (χ1v) is 5.70. The standard InChI is InChI=1S/C11H12INO2/c1-8(2)11(13(14)15)7-9-3-5-10(12)6-4-9/h3-8H,1-2H3/b11-7-. The molecule has 0 saturated heterocycles. The van der Waals surface area contributed by atoms with Crippen molar-refractivity contribution < 1.29 is 4.92 Å². The van der Waals surface area contributed by atoms with Crippen LogP contribution in [0.4, 0.5) is 0 Å². The van der Waals surface area contributed by atoms with Gasteiger partial charge in [-0.05, 0) is 40.3 Å². The highest BCUT2D eigenvalue weighted by molar-refractivity contribution is 14.1.